The van der Waals surface area contributed by atoms with E-state index in [4.69, 9.17) is 4.42 Å². The lowest BCUT2D eigenvalue weighted by Crippen LogP contribution is -2.40. The number of furan rings is 1. The maximum Gasteiger partial charge on any atom is 0.271 e. The number of amides is 2. The zero-order valence-corrected chi connectivity index (χ0v) is 15.4. The lowest BCUT2D eigenvalue weighted by atomic mass is 10.2. The van der Waals surface area contributed by atoms with Gasteiger partial charge in [-0.25, -0.2) is 0 Å². The number of nitrogens with one attached hydrogen (secondary N) is 2. The van der Waals surface area contributed by atoms with E-state index in [9.17, 15) is 9.59 Å². The number of para-hydroxylation sites is 1. The molecule has 138 valence electrons. The fourth-order valence-electron chi connectivity index (χ4n) is 2.90. The highest BCUT2D eigenvalue weighted by Gasteiger charge is 2.16. The maximum absolute atomic E-state index is 12.5. The van der Waals surface area contributed by atoms with Gasteiger partial charge in [0.05, 0.1) is 5.56 Å². The first-order valence-electron chi connectivity index (χ1n) is 8.55. The van der Waals surface area contributed by atoms with Crippen LogP contribution in [0.2, 0.25) is 0 Å². The molecule has 0 aliphatic rings. The Hall–Kier alpha value is -3.54. The van der Waals surface area contributed by atoms with Gasteiger partial charge in [0.15, 0.2) is 0 Å². The van der Waals surface area contributed by atoms with Gasteiger partial charge >= 0.3 is 0 Å². The Labute approximate surface area is 157 Å². The van der Waals surface area contributed by atoms with Gasteiger partial charge in [-0.15, -0.1) is 0 Å². The standard InChI is InChI=1S/C21H21N3O3/c1-14-13-19(16(3)24(14)17-7-5-4-6-8-17)21(26)23-22-20(25)12-11-18-10-9-15(2)27-18/h4-13H,1-3H3,(H,22,25)(H,23,26)/b12-11+. The average molecular weight is 363 g/mol. The van der Waals surface area contributed by atoms with Gasteiger partial charge < -0.3 is 8.98 Å². The summed E-state index contributed by atoms with van der Waals surface area (Å²) in [5.41, 5.74) is 8.03. The third-order valence-corrected chi connectivity index (χ3v) is 4.15. The molecule has 0 unspecified atom stereocenters. The quantitative estimate of drug-likeness (QED) is 0.550. The normalized spacial score (nSPS) is 10.9. The molecule has 1 aromatic carbocycles. The van der Waals surface area contributed by atoms with Gasteiger partial charge in [0.2, 0.25) is 0 Å². The summed E-state index contributed by atoms with van der Waals surface area (Å²) >= 11 is 0. The van der Waals surface area contributed by atoms with E-state index < -0.39 is 5.91 Å². The minimum Gasteiger partial charge on any atom is -0.462 e. The summed E-state index contributed by atoms with van der Waals surface area (Å²) < 4.78 is 7.34. The molecule has 0 saturated heterocycles. The number of carbonyl (C=O) groups is 2. The van der Waals surface area contributed by atoms with Crippen LogP contribution in [0.5, 0.6) is 0 Å². The molecular weight excluding hydrogens is 342 g/mol. The number of aromatic nitrogens is 1. The van der Waals surface area contributed by atoms with Crippen LogP contribution < -0.4 is 10.9 Å². The molecule has 6 heteroatoms. The summed E-state index contributed by atoms with van der Waals surface area (Å²) in [6, 6.07) is 15.2. The number of hydrogen-bond donors (Lipinski definition) is 2. The summed E-state index contributed by atoms with van der Waals surface area (Å²) in [6.45, 7) is 5.63. The second-order valence-corrected chi connectivity index (χ2v) is 6.18. The van der Waals surface area contributed by atoms with Crippen LogP contribution in [0.3, 0.4) is 0 Å². The van der Waals surface area contributed by atoms with Gasteiger partial charge in [0, 0.05) is 23.2 Å². The third kappa shape index (κ3) is 4.17. The van der Waals surface area contributed by atoms with E-state index in [1.807, 2.05) is 61.7 Å². The van der Waals surface area contributed by atoms with E-state index >= 15 is 0 Å². The number of nitrogens with zero attached hydrogens (tertiary/aromatic N) is 1. The summed E-state index contributed by atoms with van der Waals surface area (Å²) in [7, 11) is 0. The van der Waals surface area contributed by atoms with Crippen molar-refractivity contribution in [2.75, 3.05) is 0 Å². The van der Waals surface area contributed by atoms with Crippen LogP contribution in [0.1, 0.15) is 33.3 Å². The Kier molecular flexibility index (Phi) is 5.26. The maximum atomic E-state index is 12.5. The van der Waals surface area contributed by atoms with Crippen molar-refractivity contribution in [3.05, 3.63) is 83.1 Å². The molecule has 0 atom stereocenters. The van der Waals surface area contributed by atoms with Crippen LogP contribution in [0, 0.1) is 20.8 Å². The minimum atomic E-state index is -0.450. The second-order valence-electron chi connectivity index (χ2n) is 6.18. The number of hydrazine groups is 1. The molecule has 0 fully saturated rings. The van der Waals surface area contributed by atoms with E-state index in [1.165, 1.54) is 12.2 Å². The van der Waals surface area contributed by atoms with Crippen molar-refractivity contribution in [3.8, 4) is 5.69 Å². The van der Waals surface area contributed by atoms with Crippen LogP contribution >= 0.6 is 0 Å². The molecule has 27 heavy (non-hydrogen) atoms. The number of aryl methyl sites for hydroxylation is 2. The Morgan fingerprint density at radius 3 is 2.41 bits per heavy atom. The highest BCUT2D eigenvalue weighted by atomic mass is 16.3. The predicted molar refractivity (Wildman–Crippen MR) is 103 cm³/mol. The molecule has 2 amide bonds. The first-order chi connectivity index (χ1) is 13.0. The largest absolute Gasteiger partial charge is 0.462 e. The molecule has 0 aliphatic carbocycles. The van der Waals surface area contributed by atoms with Crippen molar-refractivity contribution >= 4 is 17.9 Å². The smallest absolute Gasteiger partial charge is 0.271 e. The van der Waals surface area contributed by atoms with Crippen LogP contribution in [0.15, 0.2) is 59.0 Å². The van der Waals surface area contributed by atoms with Gasteiger partial charge in [0.1, 0.15) is 11.5 Å². The SMILES string of the molecule is Cc1ccc(/C=C/C(=O)NNC(=O)c2cc(C)n(-c3ccccc3)c2C)o1. The van der Waals surface area contributed by atoms with Gasteiger partial charge in [0.25, 0.3) is 11.8 Å². The first kappa shape index (κ1) is 18.3. The summed E-state index contributed by atoms with van der Waals surface area (Å²) in [5, 5.41) is 0. The second kappa shape index (κ2) is 7.78. The third-order valence-electron chi connectivity index (χ3n) is 4.15. The van der Waals surface area contributed by atoms with Crippen molar-refractivity contribution < 1.29 is 14.0 Å². The van der Waals surface area contributed by atoms with Crippen LogP contribution in [-0.4, -0.2) is 16.4 Å². The lowest BCUT2D eigenvalue weighted by Gasteiger charge is -2.10. The lowest BCUT2D eigenvalue weighted by molar-refractivity contribution is -0.117. The molecule has 3 aromatic rings. The van der Waals surface area contributed by atoms with E-state index in [-0.39, 0.29) is 5.91 Å². The van der Waals surface area contributed by atoms with Crippen LogP contribution in [0.4, 0.5) is 0 Å². The van der Waals surface area contributed by atoms with Gasteiger partial charge in [-0.2, -0.15) is 0 Å². The van der Waals surface area contributed by atoms with Gasteiger partial charge in [-0.1, -0.05) is 18.2 Å². The molecule has 0 bridgehead atoms. The highest BCUT2D eigenvalue weighted by molar-refractivity contribution is 5.98. The first-order valence-corrected chi connectivity index (χ1v) is 8.55. The summed E-state index contributed by atoms with van der Waals surface area (Å²) in [4.78, 5) is 24.3. The van der Waals surface area contributed by atoms with Gasteiger partial charge in [-0.05, 0) is 57.2 Å². The molecule has 0 spiro atoms. The molecule has 2 aromatic heterocycles. The van der Waals surface area contributed by atoms with Gasteiger partial charge in [-0.3, -0.25) is 20.4 Å². The van der Waals surface area contributed by atoms with Crippen molar-refractivity contribution in [1.29, 1.82) is 0 Å². The fourth-order valence-corrected chi connectivity index (χ4v) is 2.90. The monoisotopic (exact) mass is 363 g/mol. The predicted octanol–water partition coefficient (Wildman–Crippen LogP) is 3.47. The number of hydrogen-bond acceptors (Lipinski definition) is 3. The van der Waals surface area contributed by atoms with Crippen LogP contribution in [0.25, 0.3) is 11.8 Å². The van der Waals surface area contributed by atoms with E-state index in [0.717, 1.165) is 22.8 Å². The summed E-state index contributed by atoms with van der Waals surface area (Å²) in [5.74, 6) is 0.507. The zero-order chi connectivity index (χ0) is 19.4. The average Bonchev–Trinajstić information content (AvgIpc) is 3.21. The van der Waals surface area contributed by atoms with E-state index in [2.05, 4.69) is 10.9 Å². The number of carbonyl (C=O) groups excluding carboxylic acids is 2. The highest BCUT2D eigenvalue weighted by Crippen LogP contribution is 2.20. The molecule has 0 radical (unpaired) electrons. The minimum absolute atomic E-state index is 0.374. The molecule has 3 rings (SSSR count). The van der Waals surface area contributed by atoms with E-state index in [1.54, 1.807) is 12.1 Å². The summed E-state index contributed by atoms with van der Waals surface area (Å²) in [6.07, 6.45) is 2.83. The van der Waals surface area contributed by atoms with Crippen molar-refractivity contribution in [2.24, 2.45) is 0 Å². The Balaban J connectivity index is 1.66. The Bertz CT molecular complexity index is 997. The van der Waals surface area contributed by atoms with Crippen molar-refractivity contribution in [1.82, 2.24) is 15.4 Å². The molecule has 2 heterocycles. The van der Waals surface area contributed by atoms with Crippen LogP contribution in [-0.2, 0) is 4.79 Å². The number of benzene rings is 1. The Morgan fingerprint density at radius 2 is 1.74 bits per heavy atom. The Morgan fingerprint density at radius 1 is 1.00 bits per heavy atom. The molecule has 0 saturated carbocycles. The van der Waals surface area contributed by atoms with E-state index in [0.29, 0.717) is 11.3 Å². The molecule has 0 aliphatic heterocycles. The van der Waals surface area contributed by atoms with Crippen molar-refractivity contribution in [3.63, 3.8) is 0 Å². The molecular formula is C21H21N3O3. The fraction of sp³-hybridized carbons (Fsp3) is 0.143. The topological polar surface area (TPSA) is 76.3 Å². The van der Waals surface area contributed by atoms with Crippen molar-refractivity contribution in [2.45, 2.75) is 20.8 Å². The molecule has 6 nitrogen and oxygen atoms in total. The molecule has 2 N–H and O–H groups in total. The zero-order valence-electron chi connectivity index (χ0n) is 15.4. The number of rotatable bonds is 4.